The second-order valence-electron chi connectivity index (χ2n) is 5.48. The van der Waals surface area contributed by atoms with Crippen molar-refractivity contribution >= 4 is 5.57 Å². The van der Waals surface area contributed by atoms with Crippen LogP contribution < -0.4 is 4.74 Å². The molecular weight excluding hydrogens is 270 g/mol. The van der Waals surface area contributed by atoms with E-state index in [1.165, 1.54) is 25.2 Å². The summed E-state index contributed by atoms with van der Waals surface area (Å²) in [6.45, 7) is 3.93. The molecule has 0 heterocycles. The molecule has 1 aliphatic carbocycles. The van der Waals surface area contributed by atoms with Crippen LogP contribution in [0.15, 0.2) is 30.5 Å². The van der Waals surface area contributed by atoms with Crippen molar-refractivity contribution in [3.63, 3.8) is 0 Å². The molecule has 0 amide bonds. The molecule has 0 fully saturated rings. The molecule has 1 aliphatic rings. The zero-order valence-corrected chi connectivity index (χ0v) is 12.7. The van der Waals surface area contributed by atoms with Gasteiger partial charge in [0.25, 0.3) is 0 Å². The number of hydrogen-bond acceptors (Lipinski definition) is 1. The van der Waals surface area contributed by atoms with Gasteiger partial charge in [-0.05, 0) is 49.8 Å². The molecule has 0 saturated heterocycles. The van der Waals surface area contributed by atoms with Gasteiger partial charge in [-0.3, -0.25) is 0 Å². The van der Waals surface area contributed by atoms with Crippen LogP contribution in [-0.4, -0.2) is 0 Å². The molecule has 114 valence electrons. The lowest BCUT2D eigenvalue weighted by Gasteiger charge is -2.22. The van der Waals surface area contributed by atoms with Crippen LogP contribution in [0.25, 0.3) is 5.57 Å². The van der Waals surface area contributed by atoms with E-state index in [9.17, 15) is 8.78 Å². The van der Waals surface area contributed by atoms with E-state index >= 15 is 0 Å². The van der Waals surface area contributed by atoms with Crippen LogP contribution in [0.1, 0.15) is 51.5 Å². The normalized spacial score (nSPS) is 18.9. The zero-order valence-electron chi connectivity index (χ0n) is 12.7. The molecule has 0 radical (unpaired) electrons. The van der Waals surface area contributed by atoms with Crippen molar-refractivity contribution < 1.29 is 13.5 Å². The van der Waals surface area contributed by atoms with Gasteiger partial charge in [-0.2, -0.15) is 4.39 Å². The molecule has 1 unspecified atom stereocenters. The fourth-order valence-corrected chi connectivity index (χ4v) is 2.82. The molecule has 0 aliphatic heterocycles. The number of allylic oxidation sites excluding steroid dienone is 3. The second-order valence-corrected chi connectivity index (χ2v) is 5.48. The van der Waals surface area contributed by atoms with E-state index in [-0.39, 0.29) is 5.75 Å². The van der Waals surface area contributed by atoms with E-state index in [0.717, 1.165) is 24.8 Å². The van der Waals surface area contributed by atoms with E-state index in [2.05, 4.69) is 13.0 Å². The first kappa shape index (κ1) is 15.7. The Hall–Kier alpha value is -1.64. The van der Waals surface area contributed by atoms with Crippen LogP contribution in [0.3, 0.4) is 0 Å². The van der Waals surface area contributed by atoms with Crippen LogP contribution >= 0.6 is 0 Å². The summed E-state index contributed by atoms with van der Waals surface area (Å²) in [6, 6.07) is 3.11. The monoisotopic (exact) mass is 292 g/mol. The van der Waals surface area contributed by atoms with Gasteiger partial charge in [-0.15, -0.1) is 0 Å². The number of rotatable bonds is 5. The summed E-state index contributed by atoms with van der Waals surface area (Å²) in [5, 5.41) is 0. The summed E-state index contributed by atoms with van der Waals surface area (Å²) in [6.07, 6.45) is 10.2. The van der Waals surface area contributed by atoms with Crippen LogP contribution in [-0.2, 0) is 0 Å². The van der Waals surface area contributed by atoms with Gasteiger partial charge in [0.15, 0.2) is 11.6 Å². The molecule has 1 aromatic rings. The van der Waals surface area contributed by atoms with Crippen molar-refractivity contribution in [2.24, 2.45) is 5.92 Å². The summed E-state index contributed by atoms with van der Waals surface area (Å²) in [4.78, 5) is 0. The third-order valence-corrected chi connectivity index (χ3v) is 3.94. The van der Waals surface area contributed by atoms with Crippen LogP contribution in [0.5, 0.6) is 5.75 Å². The Balaban J connectivity index is 2.20. The maximum Gasteiger partial charge on any atom is 0.201 e. The molecule has 1 atom stereocenters. The van der Waals surface area contributed by atoms with Crippen molar-refractivity contribution in [3.05, 3.63) is 47.7 Å². The average Bonchev–Trinajstić information content (AvgIpc) is 2.50. The van der Waals surface area contributed by atoms with Crippen molar-refractivity contribution in [3.8, 4) is 5.75 Å². The Morgan fingerprint density at radius 3 is 2.71 bits per heavy atom. The molecule has 0 spiro atoms. The van der Waals surface area contributed by atoms with E-state index < -0.39 is 11.6 Å². The summed E-state index contributed by atoms with van der Waals surface area (Å²) in [5.74, 6) is -1.11. The van der Waals surface area contributed by atoms with Crippen molar-refractivity contribution in [1.29, 1.82) is 0 Å². The molecule has 21 heavy (non-hydrogen) atoms. The van der Waals surface area contributed by atoms with Gasteiger partial charge in [0, 0.05) is 5.56 Å². The van der Waals surface area contributed by atoms with E-state index in [0.29, 0.717) is 11.5 Å². The highest BCUT2D eigenvalue weighted by Gasteiger charge is 2.20. The Kier molecular flexibility index (Phi) is 5.54. The van der Waals surface area contributed by atoms with Crippen LogP contribution in [0.2, 0.25) is 0 Å². The fraction of sp³-hybridized carbons (Fsp3) is 0.444. The van der Waals surface area contributed by atoms with E-state index in [1.807, 2.05) is 0 Å². The van der Waals surface area contributed by atoms with Gasteiger partial charge in [0.2, 0.25) is 5.82 Å². The average molecular weight is 292 g/mol. The fourth-order valence-electron chi connectivity index (χ4n) is 2.82. The van der Waals surface area contributed by atoms with Crippen LogP contribution in [0, 0.1) is 17.6 Å². The standard InChI is InChI=1S/C18H22F2O/c1-3-5-13-6-8-14(9-7-13)15-10-11-16(21-12-4-2)18(20)17(15)19/h4,8,10-13H,3,5-7,9H2,1-2H3/b12-4+. The smallest absolute Gasteiger partial charge is 0.201 e. The van der Waals surface area contributed by atoms with Gasteiger partial charge >= 0.3 is 0 Å². The minimum absolute atomic E-state index is 0.0744. The summed E-state index contributed by atoms with van der Waals surface area (Å²) >= 11 is 0. The van der Waals surface area contributed by atoms with Gasteiger partial charge < -0.3 is 4.74 Å². The topological polar surface area (TPSA) is 9.23 Å². The van der Waals surface area contributed by atoms with E-state index in [4.69, 9.17) is 4.74 Å². The molecule has 0 bridgehead atoms. The Morgan fingerprint density at radius 1 is 1.29 bits per heavy atom. The third-order valence-electron chi connectivity index (χ3n) is 3.94. The number of halogens is 2. The minimum atomic E-state index is -0.915. The lowest BCUT2D eigenvalue weighted by molar-refractivity contribution is 0.412. The zero-order chi connectivity index (χ0) is 15.2. The third kappa shape index (κ3) is 3.72. The molecule has 3 heteroatoms. The molecule has 0 N–H and O–H groups in total. The maximum absolute atomic E-state index is 14.2. The summed E-state index contributed by atoms with van der Waals surface area (Å²) in [5.41, 5.74) is 1.28. The van der Waals surface area contributed by atoms with E-state index in [1.54, 1.807) is 19.1 Å². The van der Waals surface area contributed by atoms with Gasteiger partial charge in [0.1, 0.15) is 0 Å². The Labute approximate surface area is 125 Å². The van der Waals surface area contributed by atoms with Gasteiger partial charge in [0.05, 0.1) is 6.26 Å². The highest BCUT2D eigenvalue weighted by atomic mass is 19.2. The first-order valence-electron chi connectivity index (χ1n) is 7.62. The SMILES string of the molecule is C/C=C/Oc1ccc(C2=CCC(CCC)CC2)c(F)c1F. The van der Waals surface area contributed by atoms with Gasteiger partial charge in [-0.25, -0.2) is 4.39 Å². The molecular formula is C18H22F2O. The van der Waals surface area contributed by atoms with Crippen molar-refractivity contribution in [2.45, 2.75) is 46.0 Å². The maximum atomic E-state index is 14.2. The quantitative estimate of drug-likeness (QED) is 0.617. The van der Waals surface area contributed by atoms with Crippen molar-refractivity contribution in [2.75, 3.05) is 0 Å². The molecule has 0 aromatic heterocycles. The molecule has 0 saturated carbocycles. The highest BCUT2D eigenvalue weighted by Crippen LogP contribution is 2.35. The lowest BCUT2D eigenvalue weighted by atomic mass is 9.84. The molecule has 2 rings (SSSR count). The number of hydrogen-bond donors (Lipinski definition) is 0. The number of ether oxygens (including phenoxy) is 1. The lowest BCUT2D eigenvalue weighted by Crippen LogP contribution is -2.06. The second kappa shape index (κ2) is 7.39. The molecule has 1 nitrogen and oxygen atoms in total. The predicted octanol–water partition coefficient (Wildman–Crippen LogP) is 5.86. The number of benzene rings is 1. The molecule has 1 aromatic carbocycles. The van der Waals surface area contributed by atoms with Crippen LogP contribution in [0.4, 0.5) is 8.78 Å². The first-order valence-corrected chi connectivity index (χ1v) is 7.62. The Morgan fingerprint density at radius 2 is 2.10 bits per heavy atom. The largest absolute Gasteiger partial charge is 0.462 e. The first-order chi connectivity index (χ1) is 10.2. The van der Waals surface area contributed by atoms with Crippen molar-refractivity contribution in [1.82, 2.24) is 0 Å². The summed E-state index contributed by atoms with van der Waals surface area (Å²) < 4.78 is 33.2. The predicted molar refractivity (Wildman–Crippen MR) is 82.0 cm³/mol. The van der Waals surface area contributed by atoms with Gasteiger partial charge in [-0.1, -0.05) is 31.9 Å². The Bertz CT molecular complexity index is 546. The highest BCUT2D eigenvalue weighted by molar-refractivity contribution is 5.67. The summed E-state index contributed by atoms with van der Waals surface area (Å²) in [7, 11) is 0. The minimum Gasteiger partial charge on any atom is -0.462 e.